The highest BCUT2D eigenvalue weighted by Crippen LogP contribution is 2.36. The molecule has 0 saturated heterocycles. The van der Waals surface area contributed by atoms with Gasteiger partial charge < -0.3 is 15.7 Å². The molecule has 6 nitrogen and oxygen atoms in total. The van der Waals surface area contributed by atoms with Crippen LogP contribution in [0.3, 0.4) is 0 Å². The Balaban J connectivity index is 2.00. The predicted octanol–water partition coefficient (Wildman–Crippen LogP) is 1.97. The minimum Gasteiger partial charge on any atom is -0.481 e. The summed E-state index contributed by atoms with van der Waals surface area (Å²) < 4.78 is 0. The smallest absolute Gasteiger partial charge is 0.312 e. The lowest BCUT2D eigenvalue weighted by atomic mass is 9.91. The van der Waals surface area contributed by atoms with E-state index in [0.29, 0.717) is 17.2 Å². The first-order valence-electron chi connectivity index (χ1n) is 7.03. The van der Waals surface area contributed by atoms with Gasteiger partial charge in [0.2, 0.25) is 5.91 Å². The van der Waals surface area contributed by atoms with Crippen molar-refractivity contribution in [3.63, 3.8) is 0 Å². The Morgan fingerprint density at radius 1 is 1.43 bits per heavy atom. The number of thiazole rings is 1. The average molecular weight is 311 g/mol. The molecular formula is C14H21N3O3S. The van der Waals surface area contributed by atoms with Crippen molar-refractivity contribution in [1.82, 2.24) is 10.3 Å². The van der Waals surface area contributed by atoms with Crippen LogP contribution in [-0.4, -0.2) is 34.1 Å². The van der Waals surface area contributed by atoms with E-state index in [4.69, 9.17) is 0 Å². The van der Waals surface area contributed by atoms with Crippen LogP contribution in [-0.2, 0) is 16.0 Å². The van der Waals surface area contributed by atoms with Crippen LogP contribution in [0.15, 0.2) is 0 Å². The van der Waals surface area contributed by atoms with Crippen LogP contribution in [0.2, 0.25) is 0 Å². The van der Waals surface area contributed by atoms with Crippen molar-refractivity contribution in [1.29, 1.82) is 0 Å². The Hall–Kier alpha value is -1.63. The van der Waals surface area contributed by atoms with Crippen LogP contribution in [0.1, 0.15) is 50.1 Å². The van der Waals surface area contributed by atoms with Crippen molar-refractivity contribution in [2.45, 2.75) is 51.5 Å². The Kier molecular flexibility index (Phi) is 4.51. The Labute approximate surface area is 128 Å². The third-order valence-electron chi connectivity index (χ3n) is 3.17. The fourth-order valence-electron chi connectivity index (χ4n) is 2.35. The maximum atomic E-state index is 11.8. The van der Waals surface area contributed by atoms with Gasteiger partial charge in [0.25, 0.3) is 0 Å². The number of carbonyl (C=O) groups excluding carboxylic acids is 1. The van der Waals surface area contributed by atoms with E-state index in [-0.39, 0.29) is 18.0 Å². The van der Waals surface area contributed by atoms with Gasteiger partial charge in [-0.15, -0.1) is 11.3 Å². The van der Waals surface area contributed by atoms with Crippen LogP contribution in [0, 0.1) is 0 Å². The second-order valence-electron chi connectivity index (χ2n) is 6.26. The van der Waals surface area contributed by atoms with Gasteiger partial charge in [-0.05, 0) is 40.0 Å². The maximum absolute atomic E-state index is 11.8. The average Bonchev–Trinajstić information content (AvgIpc) is 2.76. The first-order valence-corrected chi connectivity index (χ1v) is 7.85. The third kappa shape index (κ3) is 4.17. The molecule has 7 heteroatoms. The van der Waals surface area contributed by atoms with Crippen LogP contribution < -0.4 is 10.6 Å². The fraction of sp³-hybridized carbons (Fsp3) is 0.643. The first kappa shape index (κ1) is 15.8. The van der Waals surface area contributed by atoms with Crippen LogP contribution in [0.4, 0.5) is 5.13 Å². The number of carboxylic acids is 1. The van der Waals surface area contributed by atoms with E-state index >= 15 is 0 Å². The maximum Gasteiger partial charge on any atom is 0.312 e. The summed E-state index contributed by atoms with van der Waals surface area (Å²) in [5, 5.41) is 15.7. The third-order valence-corrected chi connectivity index (χ3v) is 4.26. The lowest BCUT2D eigenvalue weighted by molar-refractivity contribution is -0.139. The van der Waals surface area contributed by atoms with Gasteiger partial charge in [0.15, 0.2) is 5.13 Å². The highest BCUT2D eigenvalue weighted by Gasteiger charge is 2.30. The molecule has 1 aliphatic rings. The summed E-state index contributed by atoms with van der Waals surface area (Å²) in [7, 11) is 0. The van der Waals surface area contributed by atoms with E-state index in [1.165, 1.54) is 11.3 Å². The lowest BCUT2D eigenvalue weighted by Gasteiger charge is -2.20. The largest absolute Gasteiger partial charge is 0.481 e. The summed E-state index contributed by atoms with van der Waals surface area (Å²) in [5.74, 6) is -1.44. The Morgan fingerprint density at radius 3 is 2.76 bits per heavy atom. The molecule has 0 fully saturated rings. The molecule has 0 radical (unpaired) electrons. The molecule has 0 spiro atoms. The topological polar surface area (TPSA) is 91.3 Å². The second-order valence-corrected chi connectivity index (χ2v) is 7.35. The molecule has 0 aliphatic heterocycles. The summed E-state index contributed by atoms with van der Waals surface area (Å²) in [6, 6.07) is 0. The zero-order valence-electron chi connectivity index (χ0n) is 12.5. The summed E-state index contributed by atoms with van der Waals surface area (Å²) in [5.41, 5.74) is 0.396. The number of carboxylic acid groups (broad SMARTS) is 1. The van der Waals surface area contributed by atoms with Crippen LogP contribution >= 0.6 is 11.3 Å². The van der Waals surface area contributed by atoms with Crippen molar-refractivity contribution in [3.05, 3.63) is 10.6 Å². The number of nitrogens with zero attached hydrogens (tertiary/aromatic N) is 1. The number of hydrogen-bond acceptors (Lipinski definition) is 5. The number of hydrogen-bond donors (Lipinski definition) is 3. The zero-order valence-corrected chi connectivity index (χ0v) is 13.3. The molecule has 1 aromatic heterocycles. The van der Waals surface area contributed by atoms with Crippen molar-refractivity contribution < 1.29 is 14.7 Å². The fourth-order valence-corrected chi connectivity index (χ4v) is 3.41. The summed E-state index contributed by atoms with van der Waals surface area (Å²) >= 11 is 1.45. The number of rotatable bonds is 4. The molecule has 3 N–H and O–H groups in total. The number of aromatic nitrogens is 1. The molecule has 116 valence electrons. The van der Waals surface area contributed by atoms with Crippen molar-refractivity contribution in [2.75, 3.05) is 11.9 Å². The molecule has 1 heterocycles. The summed E-state index contributed by atoms with van der Waals surface area (Å²) in [4.78, 5) is 28.4. The molecule has 1 aliphatic carbocycles. The monoisotopic (exact) mass is 311 g/mol. The highest BCUT2D eigenvalue weighted by molar-refractivity contribution is 7.15. The van der Waals surface area contributed by atoms with E-state index in [1.807, 2.05) is 20.8 Å². The zero-order chi connectivity index (χ0) is 15.6. The van der Waals surface area contributed by atoms with E-state index in [2.05, 4.69) is 15.6 Å². The molecule has 0 aromatic carbocycles. The number of aliphatic carboxylic acids is 1. The van der Waals surface area contributed by atoms with E-state index in [0.717, 1.165) is 17.7 Å². The van der Waals surface area contributed by atoms with Gasteiger partial charge >= 0.3 is 5.97 Å². The van der Waals surface area contributed by atoms with Gasteiger partial charge in [0.1, 0.15) is 5.92 Å². The van der Waals surface area contributed by atoms with Gasteiger partial charge in [-0.2, -0.15) is 0 Å². The number of carbonyl (C=O) groups is 2. The SMILES string of the molecule is CC(C)(C)NC(=O)CNc1nc2c(s1)CCCC2C(=O)O. The molecular weight excluding hydrogens is 290 g/mol. The van der Waals surface area contributed by atoms with Crippen molar-refractivity contribution in [2.24, 2.45) is 0 Å². The number of fused-ring (bicyclic) bond motifs is 1. The summed E-state index contributed by atoms with van der Waals surface area (Å²) in [6.45, 7) is 5.90. The number of anilines is 1. The van der Waals surface area contributed by atoms with Gasteiger partial charge in [-0.25, -0.2) is 4.98 Å². The number of nitrogens with one attached hydrogen (secondary N) is 2. The molecule has 1 aromatic rings. The van der Waals surface area contributed by atoms with Gasteiger partial charge in [-0.3, -0.25) is 9.59 Å². The molecule has 0 bridgehead atoms. The molecule has 1 atom stereocenters. The van der Waals surface area contributed by atoms with E-state index in [1.54, 1.807) is 0 Å². The second kappa shape index (κ2) is 6.01. The minimum atomic E-state index is -0.821. The van der Waals surface area contributed by atoms with Gasteiger partial charge in [0.05, 0.1) is 12.2 Å². The molecule has 0 saturated carbocycles. The molecule has 2 rings (SSSR count). The van der Waals surface area contributed by atoms with Crippen molar-refractivity contribution in [3.8, 4) is 0 Å². The van der Waals surface area contributed by atoms with E-state index < -0.39 is 11.9 Å². The number of amides is 1. The summed E-state index contributed by atoms with van der Waals surface area (Å²) in [6.07, 6.45) is 2.37. The van der Waals surface area contributed by atoms with Gasteiger partial charge in [0, 0.05) is 10.4 Å². The predicted molar refractivity (Wildman–Crippen MR) is 81.8 cm³/mol. The standard InChI is InChI=1S/C14H21N3O3S/c1-14(2,3)17-10(18)7-15-13-16-11-8(12(19)20)5-4-6-9(11)21-13/h8H,4-7H2,1-3H3,(H,15,16)(H,17,18)(H,19,20). The molecule has 1 unspecified atom stereocenters. The minimum absolute atomic E-state index is 0.106. The van der Waals surface area contributed by atoms with Crippen LogP contribution in [0.25, 0.3) is 0 Å². The van der Waals surface area contributed by atoms with Crippen molar-refractivity contribution >= 4 is 28.3 Å². The van der Waals surface area contributed by atoms with Gasteiger partial charge in [-0.1, -0.05) is 0 Å². The normalized spacial score (nSPS) is 18.0. The first-order chi connectivity index (χ1) is 9.76. The van der Waals surface area contributed by atoms with E-state index in [9.17, 15) is 14.7 Å². The Morgan fingerprint density at radius 2 is 2.14 bits per heavy atom. The number of aryl methyl sites for hydroxylation is 1. The molecule has 1 amide bonds. The Bertz CT molecular complexity index is 548. The lowest BCUT2D eigenvalue weighted by Crippen LogP contribution is -2.43. The quantitative estimate of drug-likeness (QED) is 0.791. The molecule has 21 heavy (non-hydrogen) atoms. The van der Waals surface area contributed by atoms with Crippen LogP contribution in [0.5, 0.6) is 0 Å². The highest BCUT2D eigenvalue weighted by atomic mass is 32.1.